The van der Waals surface area contributed by atoms with Gasteiger partial charge in [0.05, 0.1) is 4.88 Å². The molecule has 0 radical (unpaired) electrons. The molecule has 3 aromatic rings. The van der Waals surface area contributed by atoms with E-state index in [2.05, 4.69) is 20.6 Å². The molecule has 6 heteroatoms. The first-order chi connectivity index (χ1) is 8.75. The number of anilines is 1. The van der Waals surface area contributed by atoms with E-state index in [1.54, 1.807) is 11.3 Å². The second kappa shape index (κ2) is 4.23. The predicted molar refractivity (Wildman–Crippen MR) is 72.1 cm³/mol. The van der Waals surface area contributed by atoms with Crippen LogP contribution in [0.25, 0.3) is 21.8 Å². The standard InChI is InChI=1S/C12H11N5S/c1-7-2-3-8(10(13)6-7)9-4-5-18-11(9)12-14-16-17-15-12/h2-6H,13H2,1H3,(H,14,15,16,17). The van der Waals surface area contributed by atoms with Crippen molar-refractivity contribution in [3.63, 3.8) is 0 Å². The van der Waals surface area contributed by atoms with Crippen LogP contribution in [0.3, 0.4) is 0 Å². The topological polar surface area (TPSA) is 80.5 Å². The number of hydrogen-bond donors (Lipinski definition) is 2. The number of nitrogens with two attached hydrogens (primary N) is 1. The molecule has 2 heterocycles. The smallest absolute Gasteiger partial charge is 0.215 e. The summed E-state index contributed by atoms with van der Waals surface area (Å²) >= 11 is 1.57. The first-order valence-corrected chi connectivity index (χ1v) is 6.31. The highest BCUT2D eigenvalue weighted by molar-refractivity contribution is 7.14. The minimum atomic E-state index is 0.597. The molecule has 0 fully saturated rings. The fourth-order valence-electron chi connectivity index (χ4n) is 1.88. The quantitative estimate of drug-likeness (QED) is 0.691. The fourth-order valence-corrected chi connectivity index (χ4v) is 2.72. The van der Waals surface area contributed by atoms with Crippen molar-refractivity contribution in [1.82, 2.24) is 20.6 Å². The van der Waals surface area contributed by atoms with Crippen molar-refractivity contribution in [2.24, 2.45) is 0 Å². The van der Waals surface area contributed by atoms with Crippen molar-refractivity contribution >= 4 is 17.0 Å². The minimum Gasteiger partial charge on any atom is -0.398 e. The van der Waals surface area contributed by atoms with Gasteiger partial charge in [0.1, 0.15) is 0 Å². The Balaban J connectivity index is 2.16. The minimum absolute atomic E-state index is 0.597. The Hall–Kier alpha value is -2.21. The summed E-state index contributed by atoms with van der Waals surface area (Å²) in [5.74, 6) is 0.597. The van der Waals surface area contributed by atoms with Crippen molar-refractivity contribution in [1.29, 1.82) is 0 Å². The summed E-state index contributed by atoms with van der Waals surface area (Å²) in [5, 5.41) is 16.1. The van der Waals surface area contributed by atoms with Crippen LogP contribution in [0.4, 0.5) is 5.69 Å². The van der Waals surface area contributed by atoms with Crippen LogP contribution in [0.1, 0.15) is 5.56 Å². The molecule has 0 atom stereocenters. The number of aromatic amines is 1. The van der Waals surface area contributed by atoms with E-state index in [0.717, 1.165) is 27.3 Å². The van der Waals surface area contributed by atoms with E-state index in [1.165, 1.54) is 0 Å². The largest absolute Gasteiger partial charge is 0.398 e. The summed E-state index contributed by atoms with van der Waals surface area (Å²) in [6.45, 7) is 2.02. The second-order valence-electron chi connectivity index (χ2n) is 3.99. The average molecular weight is 257 g/mol. The molecule has 0 amide bonds. The SMILES string of the molecule is Cc1ccc(-c2ccsc2-c2nn[nH]n2)c(N)c1. The second-order valence-corrected chi connectivity index (χ2v) is 4.91. The van der Waals surface area contributed by atoms with Crippen LogP contribution in [0.5, 0.6) is 0 Å². The van der Waals surface area contributed by atoms with Gasteiger partial charge in [0.25, 0.3) is 0 Å². The van der Waals surface area contributed by atoms with Gasteiger partial charge in [-0.3, -0.25) is 0 Å². The zero-order valence-corrected chi connectivity index (χ0v) is 10.5. The molecule has 5 nitrogen and oxygen atoms in total. The summed E-state index contributed by atoms with van der Waals surface area (Å²) in [7, 11) is 0. The third-order valence-corrected chi connectivity index (χ3v) is 3.62. The third kappa shape index (κ3) is 1.76. The molecule has 0 aliphatic heterocycles. The highest BCUT2D eigenvalue weighted by Crippen LogP contribution is 2.37. The van der Waals surface area contributed by atoms with Gasteiger partial charge in [-0.05, 0) is 35.2 Å². The van der Waals surface area contributed by atoms with Gasteiger partial charge in [0.15, 0.2) is 0 Å². The third-order valence-electron chi connectivity index (χ3n) is 2.71. The highest BCUT2D eigenvalue weighted by atomic mass is 32.1. The molecular weight excluding hydrogens is 246 g/mol. The Kier molecular flexibility index (Phi) is 2.56. The normalized spacial score (nSPS) is 10.7. The van der Waals surface area contributed by atoms with Crippen LogP contribution in [0, 0.1) is 6.92 Å². The van der Waals surface area contributed by atoms with Crippen LogP contribution >= 0.6 is 11.3 Å². The lowest BCUT2D eigenvalue weighted by atomic mass is 10.0. The summed E-state index contributed by atoms with van der Waals surface area (Å²) in [5.41, 5.74) is 10.0. The zero-order chi connectivity index (χ0) is 12.5. The summed E-state index contributed by atoms with van der Waals surface area (Å²) in [6.07, 6.45) is 0. The molecule has 1 aromatic carbocycles. The molecule has 0 saturated heterocycles. The number of nitrogen functional groups attached to an aromatic ring is 1. The Morgan fingerprint density at radius 1 is 1.22 bits per heavy atom. The van der Waals surface area contributed by atoms with Crippen LogP contribution in [-0.4, -0.2) is 20.6 Å². The molecule has 2 aromatic heterocycles. The van der Waals surface area contributed by atoms with Gasteiger partial charge in [-0.1, -0.05) is 12.1 Å². The van der Waals surface area contributed by atoms with Crippen LogP contribution in [-0.2, 0) is 0 Å². The molecule has 0 saturated carbocycles. The van der Waals surface area contributed by atoms with Gasteiger partial charge in [-0.15, -0.1) is 21.5 Å². The van der Waals surface area contributed by atoms with Crippen molar-refractivity contribution in [2.75, 3.05) is 5.73 Å². The maximum Gasteiger partial charge on any atom is 0.215 e. The number of tetrazole rings is 1. The molecule has 0 aliphatic rings. The average Bonchev–Trinajstić information content (AvgIpc) is 2.98. The van der Waals surface area contributed by atoms with Crippen LogP contribution in [0.15, 0.2) is 29.6 Å². The van der Waals surface area contributed by atoms with Gasteiger partial charge < -0.3 is 5.73 Å². The Morgan fingerprint density at radius 3 is 2.83 bits per heavy atom. The number of rotatable bonds is 2. The number of aryl methyl sites for hydroxylation is 1. The number of aromatic nitrogens is 4. The zero-order valence-electron chi connectivity index (χ0n) is 9.71. The summed E-state index contributed by atoms with van der Waals surface area (Å²) in [6, 6.07) is 8.06. The maximum atomic E-state index is 6.08. The molecule has 90 valence electrons. The van der Waals surface area contributed by atoms with E-state index < -0.39 is 0 Å². The Labute approximate surface area is 108 Å². The van der Waals surface area contributed by atoms with Crippen molar-refractivity contribution in [2.45, 2.75) is 6.92 Å². The van der Waals surface area contributed by atoms with E-state index in [9.17, 15) is 0 Å². The van der Waals surface area contributed by atoms with Gasteiger partial charge in [-0.25, -0.2) is 0 Å². The van der Waals surface area contributed by atoms with Gasteiger partial charge in [0.2, 0.25) is 5.82 Å². The predicted octanol–water partition coefficient (Wildman–Crippen LogP) is 2.49. The van der Waals surface area contributed by atoms with Gasteiger partial charge in [0, 0.05) is 16.8 Å². The van der Waals surface area contributed by atoms with E-state index in [0.29, 0.717) is 5.82 Å². The van der Waals surface area contributed by atoms with Crippen molar-refractivity contribution in [3.05, 3.63) is 35.2 Å². The maximum absolute atomic E-state index is 6.08. The number of thiophene rings is 1. The lowest BCUT2D eigenvalue weighted by Crippen LogP contribution is -1.91. The Bertz CT molecular complexity index is 672. The van der Waals surface area contributed by atoms with Gasteiger partial charge in [-0.2, -0.15) is 5.21 Å². The van der Waals surface area contributed by atoms with Crippen molar-refractivity contribution < 1.29 is 0 Å². The van der Waals surface area contributed by atoms with E-state index in [4.69, 9.17) is 5.73 Å². The molecule has 0 spiro atoms. The fraction of sp³-hybridized carbons (Fsp3) is 0.0833. The molecule has 0 aliphatic carbocycles. The molecule has 18 heavy (non-hydrogen) atoms. The van der Waals surface area contributed by atoms with E-state index in [1.807, 2.05) is 36.6 Å². The van der Waals surface area contributed by atoms with Crippen LogP contribution < -0.4 is 5.73 Å². The molecule has 0 unspecified atom stereocenters. The van der Waals surface area contributed by atoms with Crippen molar-refractivity contribution in [3.8, 4) is 21.8 Å². The number of nitrogens with zero attached hydrogens (tertiary/aromatic N) is 3. The lowest BCUT2D eigenvalue weighted by Gasteiger charge is -2.06. The summed E-state index contributed by atoms with van der Waals surface area (Å²) < 4.78 is 0. The molecular formula is C12H11N5S. The monoisotopic (exact) mass is 257 g/mol. The highest BCUT2D eigenvalue weighted by Gasteiger charge is 2.14. The molecule has 3 rings (SSSR count). The number of H-pyrrole nitrogens is 1. The first kappa shape index (κ1) is 10.9. The lowest BCUT2D eigenvalue weighted by molar-refractivity contribution is 0.881. The first-order valence-electron chi connectivity index (χ1n) is 5.43. The van der Waals surface area contributed by atoms with E-state index >= 15 is 0 Å². The number of nitrogens with one attached hydrogen (secondary N) is 1. The summed E-state index contributed by atoms with van der Waals surface area (Å²) in [4.78, 5) is 0.972. The number of benzene rings is 1. The van der Waals surface area contributed by atoms with Gasteiger partial charge >= 0.3 is 0 Å². The Morgan fingerprint density at radius 2 is 2.11 bits per heavy atom. The number of hydrogen-bond acceptors (Lipinski definition) is 5. The molecule has 3 N–H and O–H groups in total. The molecule has 0 bridgehead atoms. The van der Waals surface area contributed by atoms with Crippen LogP contribution in [0.2, 0.25) is 0 Å². The van der Waals surface area contributed by atoms with E-state index in [-0.39, 0.29) is 0 Å².